The van der Waals surface area contributed by atoms with Gasteiger partial charge in [-0.3, -0.25) is 9.59 Å². The molecule has 0 spiro atoms. The van der Waals surface area contributed by atoms with Gasteiger partial charge in [-0.2, -0.15) is 0 Å². The Morgan fingerprint density at radius 1 is 1.26 bits per heavy atom. The van der Waals surface area contributed by atoms with Crippen LogP contribution in [-0.2, 0) is 11.2 Å². The number of amides is 2. The lowest BCUT2D eigenvalue weighted by Gasteiger charge is -2.19. The van der Waals surface area contributed by atoms with E-state index in [1.54, 1.807) is 13.8 Å². The summed E-state index contributed by atoms with van der Waals surface area (Å²) in [5.74, 6) is -1.14. The summed E-state index contributed by atoms with van der Waals surface area (Å²) in [5, 5.41) is 16.3. The van der Waals surface area contributed by atoms with Crippen molar-refractivity contribution in [1.82, 2.24) is 20.6 Å². The number of carbonyl (C=O) groups is 3. The van der Waals surface area contributed by atoms with Gasteiger partial charge in [-0.1, -0.05) is 34.5 Å². The first-order valence-electron chi connectivity index (χ1n) is 9.80. The molecule has 166 valence electrons. The molecule has 2 fully saturated rings. The van der Waals surface area contributed by atoms with Gasteiger partial charge in [0.15, 0.2) is 5.13 Å². The van der Waals surface area contributed by atoms with E-state index >= 15 is 0 Å². The smallest absolute Gasteiger partial charge is 0.347 e. The first kappa shape index (κ1) is 21.9. The van der Waals surface area contributed by atoms with Gasteiger partial charge in [0.1, 0.15) is 10.6 Å². The van der Waals surface area contributed by atoms with Crippen LogP contribution in [-0.4, -0.2) is 58.5 Å². The Morgan fingerprint density at radius 3 is 2.48 bits per heavy atom. The highest BCUT2D eigenvalue weighted by molar-refractivity contribution is 7.17. The molecule has 0 radical (unpaired) electrons. The quantitative estimate of drug-likeness (QED) is 0.476. The topological polar surface area (TPSA) is 127 Å². The number of rotatable bonds is 7. The molecule has 1 saturated carbocycles. The standard InChI is InChI=1S/C19H21Cl2N5O4S/c1-3-22-11(27)4-10-16(18(29)30)31-19(24-10)26-5-8-9(6-26)14(8)25-17(28)15-13(21)12(20)7(2)23-15/h8-9,14,23H,3-6H2,1-2H3,(H,22,27)(H,25,28)(H,29,30)/t8-,9+,14+. The Labute approximate surface area is 192 Å². The molecule has 0 aromatic carbocycles. The Morgan fingerprint density at radius 2 is 1.94 bits per heavy atom. The first-order valence-corrected chi connectivity index (χ1v) is 11.4. The van der Waals surface area contributed by atoms with Crippen LogP contribution >= 0.6 is 34.5 Å². The molecular weight excluding hydrogens is 465 g/mol. The lowest BCUT2D eigenvalue weighted by atomic mass is 10.2. The van der Waals surface area contributed by atoms with Crippen molar-refractivity contribution in [2.75, 3.05) is 24.5 Å². The number of carboxylic acids is 1. The third-order valence-electron chi connectivity index (χ3n) is 5.63. The van der Waals surface area contributed by atoms with Gasteiger partial charge < -0.3 is 25.6 Å². The number of hydrogen-bond acceptors (Lipinski definition) is 6. The number of halogens is 2. The molecular formula is C19H21Cl2N5O4S. The number of aryl methyl sites for hydroxylation is 1. The number of anilines is 1. The van der Waals surface area contributed by atoms with E-state index < -0.39 is 5.97 Å². The highest BCUT2D eigenvalue weighted by Crippen LogP contribution is 2.48. The highest BCUT2D eigenvalue weighted by Gasteiger charge is 2.57. The van der Waals surface area contributed by atoms with E-state index in [0.717, 1.165) is 11.3 Å². The predicted octanol–water partition coefficient (Wildman–Crippen LogP) is 2.33. The molecule has 9 nitrogen and oxygen atoms in total. The zero-order valence-electron chi connectivity index (χ0n) is 16.8. The van der Waals surface area contributed by atoms with Gasteiger partial charge in [0, 0.05) is 43.2 Å². The van der Waals surface area contributed by atoms with Crippen LogP contribution in [0.25, 0.3) is 0 Å². The number of nitrogens with one attached hydrogen (secondary N) is 3. The average molecular weight is 486 g/mol. The second-order valence-electron chi connectivity index (χ2n) is 7.69. The minimum Gasteiger partial charge on any atom is -0.477 e. The van der Waals surface area contributed by atoms with Crippen LogP contribution in [0.4, 0.5) is 5.13 Å². The zero-order valence-corrected chi connectivity index (χ0v) is 19.1. The normalized spacial score (nSPS) is 21.7. The lowest BCUT2D eigenvalue weighted by Crippen LogP contribution is -2.35. The Bertz CT molecular complexity index is 1060. The fourth-order valence-corrected chi connectivity index (χ4v) is 5.38. The van der Waals surface area contributed by atoms with Crippen molar-refractivity contribution in [1.29, 1.82) is 0 Å². The third-order valence-corrected chi connectivity index (χ3v) is 7.72. The zero-order chi connectivity index (χ0) is 22.4. The first-order chi connectivity index (χ1) is 14.7. The van der Waals surface area contributed by atoms with Gasteiger partial charge in [-0.05, 0) is 13.8 Å². The van der Waals surface area contributed by atoms with Crippen LogP contribution in [0.5, 0.6) is 0 Å². The summed E-state index contributed by atoms with van der Waals surface area (Å²) in [6.45, 7) is 5.32. The van der Waals surface area contributed by atoms with Gasteiger partial charge in [-0.25, -0.2) is 9.78 Å². The molecule has 0 bridgehead atoms. The van der Waals surface area contributed by atoms with E-state index in [9.17, 15) is 19.5 Å². The second-order valence-corrected chi connectivity index (χ2v) is 9.43. The van der Waals surface area contributed by atoms with Crippen molar-refractivity contribution < 1.29 is 19.5 Å². The molecule has 4 rings (SSSR count). The maximum absolute atomic E-state index is 12.5. The van der Waals surface area contributed by atoms with Crippen molar-refractivity contribution in [3.05, 3.63) is 32.0 Å². The molecule has 0 unspecified atom stereocenters. The van der Waals surface area contributed by atoms with Crippen molar-refractivity contribution in [2.45, 2.75) is 26.3 Å². The SMILES string of the molecule is CCNC(=O)Cc1nc(N2C[C@@H]3[C@H](C2)[C@H]3NC(=O)c2[nH]c(C)c(Cl)c2Cl)sc1C(=O)O. The summed E-state index contributed by atoms with van der Waals surface area (Å²) in [7, 11) is 0. The molecule has 1 saturated heterocycles. The van der Waals surface area contributed by atoms with E-state index in [1.807, 2.05) is 4.90 Å². The summed E-state index contributed by atoms with van der Waals surface area (Å²) in [4.78, 5) is 45.4. The number of thiazole rings is 1. The molecule has 4 N–H and O–H groups in total. The maximum atomic E-state index is 12.5. The van der Waals surface area contributed by atoms with Gasteiger partial charge in [0.05, 0.1) is 22.2 Å². The van der Waals surface area contributed by atoms with Crippen LogP contribution < -0.4 is 15.5 Å². The number of likely N-dealkylation sites (N-methyl/N-ethyl adjacent to an activating group) is 1. The molecule has 3 heterocycles. The van der Waals surface area contributed by atoms with E-state index in [2.05, 4.69) is 20.6 Å². The monoisotopic (exact) mass is 485 g/mol. The number of piperidine rings is 1. The maximum Gasteiger partial charge on any atom is 0.347 e. The molecule has 31 heavy (non-hydrogen) atoms. The summed E-state index contributed by atoms with van der Waals surface area (Å²) < 4.78 is 0. The van der Waals surface area contributed by atoms with Crippen molar-refractivity contribution in [3.8, 4) is 0 Å². The van der Waals surface area contributed by atoms with Gasteiger partial charge in [-0.15, -0.1) is 0 Å². The summed E-state index contributed by atoms with van der Waals surface area (Å²) >= 11 is 13.2. The number of aromatic nitrogens is 2. The lowest BCUT2D eigenvalue weighted by molar-refractivity contribution is -0.120. The number of carbonyl (C=O) groups excluding carboxylic acids is 2. The Balaban J connectivity index is 1.39. The molecule has 12 heteroatoms. The minimum absolute atomic E-state index is 0.0240. The fraction of sp³-hybridized carbons (Fsp3) is 0.474. The molecule has 1 aliphatic heterocycles. The molecule has 2 aliphatic rings. The molecule has 1 aliphatic carbocycles. The van der Waals surface area contributed by atoms with Crippen LogP contribution in [0.3, 0.4) is 0 Å². The fourth-order valence-electron chi connectivity index (χ4n) is 4.02. The number of nitrogens with zero attached hydrogens (tertiary/aromatic N) is 2. The van der Waals surface area contributed by atoms with Crippen LogP contribution in [0.15, 0.2) is 0 Å². The average Bonchev–Trinajstić information content (AvgIpc) is 3.09. The van der Waals surface area contributed by atoms with Gasteiger partial charge in [0.25, 0.3) is 5.91 Å². The number of fused-ring (bicyclic) bond motifs is 1. The van der Waals surface area contributed by atoms with Gasteiger partial charge >= 0.3 is 5.97 Å². The Hall–Kier alpha value is -2.30. The van der Waals surface area contributed by atoms with Crippen molar-refractivity contribution >= 4 is 57.5 Å². The van der Waals surface area contributed by atoms with Crippen LogP contribution in [0.1, 0.15) is 38.5 Å². The van der Waals surface area contributed by atoms with Crippen LogP contribution in [0.2, 0.25) is 10.0 Å². The predicted molar refractivity (Wildman–Crippen MR) is 117 cm³/mol. The van der Waals surface area contributed by atoms with E-state index in [-0.39, 0.29) is 57.4 Å². The van der Waals surface area contributed by atoms with E-state index in [1.165, 1.54) is 0 Å². The number of carboxylic acid groups (broad SMARTS) is 1. The number of H-pyrrole nitrogens is 1. The highest BCUT2D eigenvalue weighted by atomic mass is 35.5. The summed E-state index contributed by atoms with van der Waals surface area (Å²) in [5.41, 5.74) is 1.17. The summed E-state index contributed by atoms with van der Waals surface area (Å²) in [6, 6.07) is 0.0240. The van der Waals surface area contributed by atoms with E-state index in [4.69, 9.17) is 23.2 Å². The van der Waals surface area contributed by atoms with Crippen molar-refractivity contribution in [3.63, 3.8) is 0 Å². The second kappa shape index (κ2) is 8.33. The molecule has 2 amide bonds. The Kier molecular flexibility index (Phi) is 5.89. The summed E-state index contributed by atoms with van der Waals surface area (Å²) in [6.07, 6.45) is -0.0652. The van der Waals surface area contributed by atoms with Gasteiger partial charge in [0.2, 0.25) is 5.91 Å². The third kappa shape index (κ3) is 4.11. The number of aromatic amines is 1. The number of hydrogen-bond donors (Lipinski definition) is 4. The van der Waals surface area contributed by atoms with E-state index in [0.29, 0.717) is 35.5 Å². The molecule has 2 aromatic rings. The molecule has 2 aromatic heterocycles. The minimum atomic E-state index is -1.09. The van der Waals surface area contributed by atoms with Crippen molar-refractivity contribution in [2.24, 2.45) is 11.8 Å². The molecule has 3 atom stereocenters. The largest absolute Gasteiger partial charge is 0.477 e. The van der Waals surface area contributed by atoms with Crippen LogP contribution in [0, 0.1) is 18.8 Å². The number of aromatic carboxylic acids is 1.